The van der Waals surface area contributed by atoms with E-state index in [9.17, 15) is 4.39 Å². The summed E-state index contributed by atoms with van der Waals surface area (Å²) >= 11 is 11.2. The maximum Gasteiger partial charge on any atom is 0.247 e. The molecule has 7 heteroatoms. The Hall–Kier alpha value is -1.59. The van der Waals surface area contributed by atoms with Crippen LogP contribution in [-0.2, 0) is 0 Å². The van der Waals surface area contributed by atoms with E-state index in [1.54, 1.807) is 0 Å². The lowest BCUT2D eigenvalue weighted by atomic mass is 10.3. The van der Waals surface area contributed by atoms with Crippen LogP contribution in [0.15, 0.2) is 24.5 Å². The van der Waals surface area contributed by atoms with Gasteiger partial charge in [-0.2, -0.15) is 4.98 Å². The van der Waals surface area contributed by atoms with Crippen molar-refractivity contribution in [3.63, 3.8) is 0 Å². The number of aromatic nitrogens is 2. The van der Waals surface area contributed by atoms with Crippen molar-refractivity contribution in [3.05, 3.63) is 40.5 Å². The summed E-state index contributed by atoms with van der Waals surface area (Å²) < 4.78 is 18.4. The number of hydrogen-bond acceptors (Lipinski definition) is 4. The average molecular weight is 274 g/mol. The molecular formula is C10H6Cl2FN3O. The summed E-state index contributed by atoms with van der Waals surface area (Å²) in [6.45, 7) is 0. The Labute approximate surface area is 106 Å². The standard InChI is InChI=1S/C10H6Cl2FN3O/c11-6-2-1-5(3-7(6)13)17-10-8(14)9(12)15-4-16-10/h1-4H,14H2. The minimum absolute atomic E-state index is 0.00559. The highest BCUT2D eigenvalue weighted by atomic mass is 35.5. The number of halogens is 3. The fraction of sp³-hybridized carbons (Fsp3) is 0. The maximum atomic E-state index is 13.2. The van der Waals surface area contributed by atoms with Gasteiger partial charge in [0.25, 0.3) is 0 Å². The molecule has 0 aliphatic carbocycles. The SMILES string of the molecule is Nc1c(Cl)ncnc1Oc1ccc(Cl)c(F)c1. The zero-order valence-corrected chi connectivity index (χ0v) is 9.84. The van der Waals surface area contributed by atoms with Crippen molar-refractivity contribution in [1.29, 1.82) is 0 Å². The van der Waals surface area contributed by atoms with Crippen LogP contribution in [0.3, 0.4) is 0 Å². The first-order valence-corrected chi connectivity index (χ1v) is 5.22. The fourth-order valence-electron chi connectivity index (χ4n) is 1.09. The van der Waals surface area contributed by atoms with Gasteiger partial charge in [-0.3, -0.25) is 0 Å². The highest BCUT2D eigenvalue weighted by Gasteiger charge is 2.09. The van der Waals surface area contributed by atoms with Gasteiger partial charge < -0.3 is 10.5 Å². The molecule has 0 aliphatic rings. The van der Waals surface area contributed by atoms with Crippen molar-refractivity contribution < 1.29 is 9.13 Å². The Morgan fingerprint density at radius 3 is 2.71 bits per heavy atom. The summed E-state index contributed by atoms with van der Waals surface area (Å²) in [5.74, 6) is -0.317. The molecule has 1 aromatic heterocycles. The van der Waals surface area contributed by atoms with Crippen LogP contribution in [-0.4, -0.2) is 9.97 Å². The van der Waals surface area contributed by atoms with Crippen LogP contribution >= 0.6 is 23.2 Å². The largest absolute Gasteiger partial charge is 0.437 e. The highest BCUT2D eigenvalue weighted by molar-refractivity contribution is 6.32. The summed E-state index contributed by atoms with van der Waals surface area (Å²) in [6.07, 6.45) is 1.19. The molecule has 4 nitrogen and oxygen atoms in total. The smallest absolute Gasteiger partial charge is 0.247 e. The number of hydrogen-bond donors (Lipinski definition) is 1. The monoisotopic (exact) mass is 273 g/mol. The number of anilines is 1. The molecule has 0 spiro atoms. The van der Waals surface area contributed by atoms with E-state index in [1.165, 1.54) is 18.5 Å². The number of ether oxygens (including phenoxy) is 1. The summed E-state index contributed by atoms with van der Waals surface area (Å²) in [6, 6.07) is 3.98. The van der Waals surface area contributed by atoms with Crippen molar-refractivity contribution in [2.45, 2.75) is 0 Å². The third kappa shape index (κ3) is 2.57. The molecule has 0 unspecified atom stereocenters. The Morgan fingerprint density at radius 1 is 1.24 bits per heavy atom. The van der Waals surface area contributed by atoms with Crippen LogP contribution in [0.2, 0.25) is 10.2 Å². The van der Waals surface area contributed by atoms with Crippen LogP contribution < -0.4 is 10.5 Å². The van der Waals surface area contributed by atoms with E-state index in [2.05, 4.69) is 9.97 Å². The number of nitrogen functional groups attached to an aromatic ring is 1. The molecule has 2 aromatic rings. The van der Waals surface area contributed by atoms with Crippen LogP contribution in [0, 0.1) is 5.82 Å². The Bertz CT molecular complexity index is 565. The van der Waals surface area contributed by atoms with Gasteiger partial charge in [0.15, 0.2) is 5.15 Å². The van der Waals surface area contributed by atoms with Gasteiger partial charge in [0, 0.05) is 6.07 Å². The van der Waals surface area contributed by atoms with Crippen LogP contribution in [0.5, 0.6) is 11.6 Å². The molecule has 0 aliphatic heterocycles. The van der Waals surface area contributed by atoms with Gasteiger partial charge in [-0.25, -0.2) is 9.37 Å². The molecule has 0 atom stereocenters. The molecule has 88 valence electrons. The number of rotatable bonds is 2. The van der Waals surface area contributed by atoms with E-state index in [0.29, 0.717) is 0 Å². The Kier molecular flexibility index (Phi) is 3.31. The lowest BCUT2D eigenvalue weighted by Gasteiger charge is -2.07. The van der Waals surface area contributed by atoms with Crippen molar-refractivity contribution in [2.75, 3.05) is 5.73 Å². The summed E-state index contributed by atoms with van der Waals surface area (Å²) in [7, 11) is 0. The van der Waals surface area contributed by atoms with Gasteiger partial charge in [-0.15, -0.1) is 0 Å². The number of nitrogens with two attached hydrogens (primary N) is 1. The molecule has 0 saturated carbocycles. The quantitative estimate of drug-likeness (QED) is 0.853. The Morgan fingerprint density at radius 2 is 2.00 bits per heavy atom. The molecule has 2 N–H and O–H groups in total. The van der Waals surface area contributed by atoms with Crippen LogP contribution in [0.25, 0.3) is 0 Å². The first-order valence-electron chi connectivity index (χ1n) is 4.47. The summed E-state index contributed by atoms with van der Waals surface area (Å²) in [5, 5.41) is 0.0791. The van der Waals surface area contributed by atoms with Gasteiger partial charge in [-0.05, 0) is 12.1 Å². The molecule has 0 amide bonds. The van der Waals surface area contributed by atoms with E-state index in [0.717, 1.165) is 6.07 Å². The second-order valence-corrected chi connectivity index (χ2v) is 3.83. The minimum Gasteiger partial charge on any atom is -0.437 e. The van der Waals surface area contributed by atoms with Crippen LogP contribution in [0.1, 0.15) is 0 Å². The number of nitrogens with zero attached hydrogens (tertiary/aromatic N) is 2. The van der Waals surface area contributed by atoms with E-state index >= 15 is 0 Å². The van der Waals surface area contributed by atoms with Gasteiger partial charge in [0.1, 0.15) is 23.6 Å². The molecule has 0 bridgehead atoms. The molecular weight excluding hydrogens is 268 g/mol. The second kappa shape index (κ2) is 4.73. The molecule has 1 heterocycles. The van der Waals surface area contributed by atoms with E-state index < -0.39 is 5.82 Å². The third-order valence-electron chi connectivity index (χ3n) is 1.90. The van der Waals surface area contributed by atoms with E-state index in [-0.39, 0.29) is 27.5 Å². The maximum absolute atomic E-state index is 13.2. The van der Waals surface area contributed by atoms with E-state index in [4.69, 9.17) is 33.7 Å². The van der Waals surface area contributed by atoms with Gasteiger partial charge in [-0.1, -0.05) is 23.2 Å². The molecule has 1 aromatic carbocycles. The summed E-state index contributed by atoms with van der Waals surface area (Å²) in [4.78, 5) is 7.46. The molecule has 2 rings (SSSR count). The van der Waals surface area contributed by atoms with Crippen molar-refractivity contribution in [3.8, 4) is 11.6 Å². The molecule has 0 fully saturated rings. The van der Waals surface area contributed by atoms with Gasteiger partial charge in [0.2, 0.25) is 5.88 Å². The highest BCUT2D eigenvalue weighted by Crippen LogP contribution is 2.30. The molecule has 0 saturated heterocycles. The lowest BCUT2D eigenvalue weighted by molar-refractivity contribution is 0.459. The Balaban J connectivity index is 2.31. The predicted molar refractivity (Wildman–Crippen MR) is 62.9 cm³/mol. The van der Waals surface area contributed by atoms with Crippen molar-refractivity contribution in [1.82, 2.24) is 9.97 Å². The van der Waals surface area contributed by atoms with Gasteiger partial charge >= 0.3 is 0 Å². The second-order valence-electron chi connectivity index (χ2n) is 3.06. The zero-order chi connectivity index (χ0) is 12.4. The summed E-state index contributed by atoms with van der Waals surface area (Å²) in [5.41, 5.74) is 5.68. The third-order valence-corrected chi connectivity index (χ3v) is 2.51. The lowest BCUT2D eigenvalue weighted by Crippen LogP contribution is -1.97. The van der Waals surface area contributed by atoms with Crippen molar-refractivity contribution >= 4 is 28.9 Å². The minimum atomic E-state index is -0.595. The van der Waals surface area contributed by atoms with Crippen molar-refractivity contribution in [2.24, 2.45) is 0 Å². The first-order chi connectivity index (χ1) is 8.08. The zero-order valence-electron chi connectivity index (χ0n) is 8.32. The normalized spacial score (nSPS) is 10.3. The molecule has 17 heavy (non-hydrogen) atoms. The fourth-order valence-corrected chi connectivity index (χ4v) is 1.33. The molecule has 0 radical (unpaired) electrons. The topological polar surface area (TPSA) is 61.0 Å². The predicted octanol–water partition coefficient (Wildman–Crippen LogP) is 3.30. The average Bonchev–Trinajstić information content (AvgIpc) is 2.30. The van der Waals surface area contributed by atoms with Gasteiger partial charge in [0.05, 0.1) is 5.02 Å². The first kappa shape index (κ1) is 11.9. The number of benzene rings is 1. The van der Waals surface area contributed by atoms with Crippen LogP contribution in [0.4, 0.5) is 10.1 Å². The van der Waals surface area contributed by atoms with E-state index in [1.807, 2.05) is 0 Å².